The molecule has 4 nitrogen and oxygen atoms in total. The Bertz CT molecular complexity index is 513. The van der Waals surface area contributed by atoms with E-state index in [4.69, 9.17) is 0 Å². The molecule has 0 aliphatic carbocycles. The monoisotopic (exact) mass is 313 g/mol. The van der Waals surface area contributed by atoms with E-state index in [9.17, 15) is 14.7 Å². The summed E-state index contributed by atoms with van der Waals surface area (Å²) in [6, 6.07) is 1.24. The minimum absolute atomic E-state index is 0.131. The minimum atomic E-state index is -0.910. The van der Waals surface area contributed by atoms with Crippen LogP contribution in [-0.2, 0) is 11.2 Å². The number of carboxylic acids is 1. The maximum Gasteiger partial charge on any atom is 0.327 e. The highest BCUT2D eigenvalue weighted by Gasteiger charge is 2.33. The van der Waals surface area contributed by atoms with Crippen LogP contribution < -0.4 is 0 Å². The van der Waals surface area contributed by atoms with Gasteiger partial charge in [-0.2, -0.15) is 11.8 Å². The summed E-state index contributed by atoms with van der Waals surface area (Å²) in [7, 11) is 0. The Hall–Kier alpha value is -1.01. The van der Waals surface area contributed by atoms with Crippen LogP contribution in [0.1, 0.15) is 33.5 Å². The van der Waals surface area contributed by atoms with Gasteiger partial charge in [-0.25, -0.2) is 4.79 Å². The number of amides is 1. The first-order valence-electron chi connectivity index (χ1n) is 6.75. The van der Waals surface area contributed by atoms with Crippen LogP contribution in [0.3, 0.4) is 0 Å². The minimum Gasteiger partial charge on any atom is -0.480 e. The fourth-order valence-electron chi connectivity index (χ4n) is 2.34. The van der Waals surface area contributed by atoms with Crippen molar-refractivity contribution < 1.29 is 14.7 Å². The van der Waals surface area contributed by atoms with Gasteiger partial charge in [0, 0.05) is 22.9 Å². The van der Waals surface area contributed by atoms with Gasteiger partial charge >= 0.3 is 5.97 Å². The van der Waals surface area contributed by atoms with Gasteiger partial charge in [0.15, 0.2) is 0 Å². The van der Waals surface area contributed by atoms with Crippen LogP contribution in [0, 0.1) is 6.92 Å². The highest BCUT2D eigenvalue weighted by molar-refractivity contribution is 7.99. The van der Waals surface area contributed by atoms with Gasteiger partial charge in [0.25, 0.3) is 5.91 Å². The first kappa shape index (κ1) is 15.4. The third-order valence-corrected chi connectivity index (χ3v) is 5.53. The Morgan fingerprint density at radius 3 is 2.90 bits per heavy atom. The SMILES string of the molecule is CCCc1cc(C(=O)N2CCSCC2C(=O)O)sc1C. The summed E-state index contributed by atoms with van der Waals surface area (Å²) in [5.41, 5.74) is 1.21. The average molecular weight is 313 g/mol. The number of carboxylic acid groups (broad SMARTS) is 1. The lowest BCUT2D eigenvalue weighted by Crippen LogP contribution is -2.50. The number of aliphatic carboxylic acids is 1. The molecule has 0 saturated carbocycles. The van der Waals surface area contributed by atoms with E-state index in [1.54, 1.807) is 11.8 Å². The zero-order valence-electron chi connectivity index (χ0n) is 11.7. The summed E-state index contributed by atoms with van der Waals surface area (Å²) in [6.07, 6.45) is 2.01. The fourth-order valence-corrected chi connectivity index (χ4v) is 4.40. The topological polar surface area (TPSA) is 57.6 Å². The number of thiophene rings is 1. The Morgan fingerprint density at radius 2 is 2.25 bits per heavy atom. The zero-order valence-corrected chi connectivity index (χ0v) is 13.4. The molecule has 110 valence electrons. The maximum absolute atomic E-state index is 12.5. The molecule has 1 unspecified atom stereocenters. The summed E-state index contributed by atoms with van der Waals surface area (Å²) in [4.78, 5) is 27.2. The van der Waals surface area contributed by atoms with Crippen molar-refractivity contribution in [2.24, 2.45) is 0 Å². The molecule has 1 aromatic rings. The molecule has 2 heterocycles. The number of thioether (sulfide) groups is 1. The van der Waals surface area contributed by atoms with Crippen molar-refractivity contribution in [3.63, 3.8) is 0 Å². The molecule has 1 aliphatic rings. The molecule has 1 aromatic heterocycles. The molecule has 20 heavy (non-hydrogen) atoms. The quantitative estimate of drug-likeness (QED) is 0.928. The van der Waals surface area contributed by atoms with Gasteiger partial charge in [-0.3, -0.25) is 4.79 Å². The zero-order chi connectivity index (χ0) is 14.7. The van der Waals surface area contributed by atoms with Crippen molar-refractivity contribution in [2.75, 3.05) is 18.1 Å². The second-order valence-corrected chi connectivity index (χ2v) is 7.28. The number of rotatable bonds is 4. The van der Waals surface area contributed by atoms with Gasteiger partial charge in [0.05, 0.1) is 4.88 Å². The van der Waals surface area contributed by atoms with Crippen molar-refractivity contribution in [1.29, 1.82) is 0 Å². The van der Waals surface area contributed by atoms with Gasteiger partial charge in [-0.05, 0) is 25.0 Å². The number of aryl methyl sites for hydroxylation is 2. The summed E-state index contributed by atoms with van der Waals surface area (Å²) >= 11 is 3.07. The molecule has 2 rings (SSSR count). The fraction of sp³-hybridized carbons (Fsp3) is 0.571. The van der Waals surface area contributed by atoms with E-state index in [0.717, 1.165) is 23.5 Å². The Balaban J connectivity index is 2.20. The molecule has 1 aliphatic heterocycles. The van der Waals surface area contributed by atoms with Crippen LogP contribution >= 0.6 is 23.1 Å². The molecule has 6 heteroatoms. The Kier molecular flexibility index (Phi) is 5.10. The molecule has 1 atom stereocenters. The van der Waals surface area contributed by atoms with E-state index < -0.39 is 12.0 Å². The number of carbonyl (C=O) groups is 2. The molecule has 1 fully saturated rings. The van der Waals surface area contributed by atoms with Gasteiger partial charge in [0.1, 0.15) is 6.04 Å². The van der Waals surface area contributed by atoms with Crippen molar-refractivity contribution in [2.45, 2.75) is 32.7 Å². The highest BCUT2D eigenvalue weighted by atomic mass is 32.2. The van der Waals surface area contributed by atoms with Crippen molar-refractivity contribution >= 4 is 35.0 Å². The van der Waals surface area contributed by atoms with E-state index >= 15 is 0 Å². The van der Waals surface area contributed by atoms with Crippen LogP contribution in [0.2, 0.25) is 0 Å². The Morgan fingerprint density at radius 1 is 1.50 bits per heavy atom. The Labute approximate surface area is 127 Å². The third kappa shape index (κ3) is 3.17. The van der Waals surface area contributed by atoms with Crippen LogP contribution in [0.5, 0.6) is 0 Å². The summed E-state index contributed by atoms with van der Waals surface area (Å²) < 4.78 is 0. The summed E-state index contributed by atoms with van der Waals surface area (Å²) in [6.45, 7) is 4.65. The molecule has 0 spiro atoms. The highest BCUT2D eigenvalue weighted by Crippen LogP contribution is 2.26. The number of nitrogens with zero attached hydrogens (tertiary/aromatic N) is 1. The molecular formula is C14H19NO3S2. The first-order valence-corrected chi connectivity index (χ1v) is 8.72. The van der Waals surface area contributed by atoms with Crippen molar-refractivity contribution in [1.82, 2.24) is 4.90 Å². The lowest BCUT2D eigenvalue weighted by molar-refractivity contribution is -0.141. The van der Waals surface area contributed by atoms with E-state index in [0.29, 0.717) is 17.2 Å². The van der Waals surface area contributed by atoms with Crippen LogP contribution in [0.15, 0.2) is 6.07 Å². The molecule has 0 radical (unpaired) electrons. The largest absolute Gasteiger partial charge is 0.480 e. The normalized spacial score (nSPS) is 19.1. The van der Waals surface area contributed by atoms with E-state index in [1.807, 2.05) is 13.0 Å². The predicted octanol–water partition coefficient (Wildman–Crippen LogP) is 2.65. The molecule has 0 bridgehead atoms. The number of hydrogen-bond donors (Lipinski definition) is 1. The van der Waals surface area contributed by atoms with Gasteiger partial charge in [0.2, 0.25) is 0 Å². The standard InChI is InChI=1S/C14H19NO3S2/c1-3-4-10-7-12(20-9(10)2)13(16)15-5-6-19-8-11(15)14(17)18/h7,11H,3-6,8H2,1-2H3,(H,17,18). The number of hydrogen-bond acceptors (Lipinski definition) is 4. The predicted molar refractivity (Wildman–Crippen MR) is 82.8 cm³/mol. The molecule has 1 N–H and O–H groups in total. The van der Waals surface area contributed by atoms with Crippen LogP contribution in [0.4, 0.5) is 0 Å². The lowest BCUT2D eigenvalue weighted by atomic mass is 10.1. The average Bonchev–Trinajstić information content (AvgIpc) is 2.80. The van der Waals surface area contributed by atoms with Crippen molar-refractivity contribution in [3.8, 4) is 0 Å². The van der Waals surface area contributed by atoms with E-state index in [1.165, 1.54) is 21.8 Å². The molecule has 0 aromatic carbocycles. The maximum atomic E-state index is 12.5. The smallest absolute Gasteiger partial charge is 0.327 e. The molecule has 1 saturated heterocycles. The van der Waals surface area contributed by atoms with Gasteiger partial charge < -0.3 is 10.0 Å². The third-order valence-electron chi connectivity index (χ3n) is 3.43. The van der Waals surface area contributed by atoms with Crippen LogP contribution in [0.25, 0.3) is 0 Å². The number of carbonyl (C=O) groups excluding carboxylic acids is 1. The van der Waals surface area contributed by atoms with Crippen molar-refractivity contribution in [3.05, 3.63) is 21.4 Å². The van der Waals surface area contributed by atoms with E-state index in [-0.39, 0.29) is 5.91 Å². The van der Waals surface area contributed by atoms with Crippen LogP contribution in [-0.4, -0.2) is 46.0 Å². The summed E-state index contributed by atoms with van der Waals surface area (Å²) in [5.74, 6) is 0.246. The second-order valence-electron chi connectivity index (χ2n) is 4.87. The second kappa shape index (κ2) is 6.63. The van der Waals surface area contributed by atoms with Gasteiger partial charge in [-0.1, -0.05) is 13.3 Å². The molecule has 1 amide bonds. The first-order chi connectivity index (χ1) is 9.54. The van der Waals surface area contributed by atoms with Gasteiger partial charge in [-0.15, -0.1) is 11.3 Å². The molecular weight excluding hydrogens is 294 g/mol. The summed E-state index contributed by atoms with van der Waals surface area (Å²) in [5, 5.41) is 9.24. The lowest BCUT2D eigenvalue weighted by Gasteiger charge is -2.32. The van der Waals surface area contributed by atoms with E-state index in [2.05, 4.69) is 6.92 Å².